The molecule has 2 aliphatic heterocycles. The van der Waals surface area contributed by atoms with Crippen molar-refractivity contribution in [2.24, 2.45) is 47.3 Å². The van der Waals surface area contributed by atoms with Gasteiger partial charge in [-0.1, -0.05) is 48.6 Å². The fraction of sp³-hybridized carbons (Fsp3) is 0.357. The number of rotatable bonds is 2. The van der Waals surface area contributed by atoms with E-state index in [0.29, 0.717) is 22.1 Å². The zero-order valence-corrected chi connectivity index (χ0v) is 18.3. The van der Waals surface area contributed by atoms with E-state index in [-0.39, 0.29) is 71.0 Å². The zero-order chi connectivity index (χ0) is 22.9. The van der Waals surface area contributed by atoms with Gasteiger partial charge in [0.15, 0.2) is 0 Å². The number of imide groups is 2. The number of fused-ring (bicyclic) bond motifs is 11. The van der Waals surface area contributed by atoms with Crippen molar-refractivity contribution in [3.8, 4) is 0 Å². The highest BCUT2D eigenvalue weighted by atomic mass is 16.2. The van der Waals surface area contributed by atoms with Crippen LogP contribution in [0.4, 0.5) is 11.4 Å². The summed E-state index contributed by atoms with van der Waals surface area (Å²) >= 11 is 0. The Labute approximate surface area is 195 Å². The Morgan fingerprint density at radius 3 is 1.15 bits per heavy atom. The smallest absolute Gasteiger partial charge is 0.238 e. The molecule has 8 rings (SSSR count). The van der Waals surface area contributed by atoms with Gasteiger partial charge < -0.3 is 0 Å². The minimum atomic E-state index is -0.273. The van der Waals surface area contributed by atoms with Crippen molar-refractivity contribution in [1.82, 2.24) is 0 Å². The molecule has 0 unspecified atom stereocenters. The highest BCUT2D eigenvalue weighted by Gasteiger charge is 2.61. The fourth-order valence-electron chi connectivity index (χ4n) is 7.95. The van der Waals surface area contributed by atoms with Gasteiger partial charge in [0.25, 0.3) is 0 Å². The summed E-state index contributed by atoms with van der Waals surface area (Å²) in [4.78, 5) is 56.5. The van der Waals surface area contributed by atoms with Crippen LogP contribution in [0.5, 0.6) is 0 Å². The molecule has 0 N–H and O–H groups in total. The first kappa shape index (κ1) is 18.8. The normalized spacial score (nSPS) is 38.8. The van der Waals surface area contributed by atoms with E-state index in [2.05, 4.69) is 24.3 Å². The van der Waals surface area contributed by atoms with Crippen LogP contribution in [0.25, 0.3) is 10.8 Å². The molecule has 2 aromatic rings. The lowest BCUT2D eigenvalue weighted by molar-refractivity contribution is -0.124. The van der Waals surface area contributed by atoms with E-state index >= 15 is 0 Å². The second kappa shape index (κ2) is 6.12. The Bertz CT molecular complexity index is 1260. The minimum absolute atomic E-state index is 0.129. The van der Waals surface area contributed by atoms with Crippen LogP contribution in [-0.2, 0) is 19.2 Å². The predicted octanol–water partition coefficient (Wildman–Crippen LogP) is 3.46. The first-order chi connectivity index (χ1) is 16.5. The fourth-order valence-corrected chi connectivity index (χ4v) is 7.95. The number of hydrogen-bond acceptors (Lipinski definition) is 4. The average molecular weight is 450 g/mol. The average Bonchev–Trinajstić information content (AvgIpc) is 3.67. The van der Waals surface area contributed by atoms with Crippen molar-refractivity contribution in [2.75, 3.05) is 9.80 Å². The summed E-state index contributed by atoms with van der Waals surface area (Å²) in [5, 5.41) is 1.42. The minimum Gasteiger partial charge on any atom is -0.274 e. The number of allylic oxidation sites excluding steroid dienone is 4. The molecule has 8 atom stereocenters. The van der Waals surface area contributed by atoms with Gasteiger partial charge in [-0.2, -0.15) is 0 Å². The van der Waals surface area contributed by atoms with Crippen molar-refractivity contribution in [2.45, 2.75) is 12.8 Å². The molecule has 6 nitrogen and oxygen atoms in total. The second-order valence-corrected chi connectivity index (χ2v) is 10.7. The van der Waals surface area contributed by atoms with E-state index in [9.17, 15) is 19.2 Å². The molecule has 4 bridgehead atoms. The maximum absolute atomic E-state index is 13.4. The molecule has 0 aromatic heterocycles. The summed E-state index contributed by atoms with van der Waals surface area (Å²) in [6.45, 7) is 0. The Morgan fingerprint density at radius 2 is 0.824 bits per heavy atom. The SMILES string of the molecule is O=C1[C@@H]2[C@H](C(=O)N1c1cccc3c(N4C(=O)[C@H]5[C@H](C4=O)[C@H]4C=C[C@H]5C4)cccc13)[C@H]1C=C[C@H]2C1. The molecule has 34 heavy (non-hydrogen) atoms. The summed E-state index contributed by atoms with van der Waals surface area (Å²) in [7, 11) is 0. The summed E-state index contributed by atoms with van der Waals surface area (Å²) in [5.41, 5.74) is 1.09. The summed E-state index contributed by atoms with van der Waals surface area (Å²) in [6.07, 6.45) is 10.1. The van der Waals surface area contributed by atoms with Crippen LogP contribution in [0.1, 0.15) is 12.8 Å². The van der Waals surface area contributed by atoms with E-state index < -0.39 is 0 Å². The third kappa shape index (κ3) is 2.04. The standard InChI is InChI=1S/C28H22N2O4/c31-25-21-13-7-8-14(11-13)22(21)26(32)29(25)19-5-1-3-17-18(19)4-2-6-20(17)30-27(33)23-15-9-10-16(12-15)24(23)28(30)34/h1-10,13-16,21-24H,11-12H2/t13-,14-,15-,16-,21-,22+,23+,24+/m0/s1. The molecule has 0 spiro atoms. The molecule has 6 aliphatic rings. The largest absolute Gasteiger partial charge is 0.274 e. The van der Waals surface area contributed by atoms with E-state index in [0.717, 1.165) is 12.8 Å². The Hall–Kier alpha value is -3.54. The number of benzene rings is 2. The van der Waals surface area contributed by atoms with Crippen LogP contribution in [0.2, 0.25) is 0 Å². The van der Waals surface area contributed by atoms with Crippen LogP contribution < -0.4 is 9.80 Å². The highest BCUT2D eigenvalue weighted by molar-refractivity contribution is 6.29. The van der Waals surface area contributed by atoms with Gasteiger partial charge in [-0.3, -0.25) is 19.2 Å². The van der Waals surface area contributed by atoms with Crippen molar-refractivity contribution in [3.05, 3.63) is 60.7 Å². The molecule has 168 valence electrons. The monoisotopic (exact) mass is 450 g/mol. The predicted molar refractivity (Wildman–Crippen MR) is 124 cm³/mol. The maximum atomic E-state index is 13.4. The van der Waals surface area contributed by atoms with Gasteiger partial charge >= 0.3 is 0 Å². The topological polar surface area (TPSA) is 74.8 Å². The molecule has 2 saturated heterocycles. The summed E-state index contributed by atoms with van der Waals surface area (Å²) < 4.78 is 0. The molecule has 2 heterocycles. The molecule has 2 saturated carbocycles. The Balaban J connectivity index is 1.24. The van der Waals surface area contributed by atoms with Gasteiger partial charge in [-0.05, 0) is 48.6 Å². The van der Waals surface area contributed by atoms with Crippen molar-refractivity contribution < 1.29 is 19.2 Å². The maximum Gasteiger partial charge on any atom is 0.238 e. The second-order valence-electron chi connectivity index (χ2n) is 10.7. The zero-order valence-electron chi connectivity index (χ0n) is 18.3. The number of carbonyl (C=O) groups is 4. The van der Waals surface area contributed by atoms with Crippen LogP contribution >= 0.6 is 0 Å². The quantitative estimate of drug-likeness (QED) is 0.519. The number of hydrogen-bond donors (Lipinski definition) is 0. The molecule has 4 aliphatic carbocycles. The molecule has 6 heteroatoms. The third-order valence-electron chi connectivity index (χ3n) is 9.30. The van der Waals surface area contributed by atoms with Gasteiger partial charge in [0.05, 0.1) is 35.0 Å². The Kier molecular flexibility index (Phi) is 3.39. The van der Waals surface area contributed by atoms with Gasteiger partial charge in [0.1, 0.15) is 0 Å². The lowest BCUT2D eigenvalue weighted by Gasteiger charge is -2.22. The summed E-state index contributed by atoms with van der Waals surface area (Å²) in [6, 6.07) is 10.9. The first-order valence-corrected chi connectivity index (χ1v) is 12.2. The van der Waals surface area contributed by atoms with Gasteiger partial charge in [-0.15, -0.1) is 0 Å². The lowest BCUT2D eigenvalue weighted by Crippen LogP contribution is -2.34. The van der Waals surface area contributed by atoms with Gasteiger partial charge in [0, 0.05) is 10.8 Å². The highest BCUT2D eigenvalue weighted by Crippen LogP contribution is 2.55. The molecule has 2 aromatic carbocycles. The Morgan fingerprint density at radius 1 is 0.500 bits per heavy atom. The van der Waals surface area contributed by atoms with E-state index in [1.807, 2.05) is 12.1 Å². The van der Waals surface area contributed by atoms with Crippen molar-refractivity contribution in [1.29, 1.82) is 0 Å². The molecule has 4 amide bonds. The van der Waals surface area contributed by atoms with E-state index in [1.54, 1.807) is 24.3 Å². The molecule has 0 radical (unpaired) electrons. The number of carbonyl (C=O) groups excluding carboxylic acids is 4. The number of amides is 4. The van der Waals surface area contributed by atoms with Crippen molar-refractivity contribution >= 4 is 45.8 Å². The van der Waals surface area contributed by atoms with Crippen LogP contribution in [-0.4, -0.2) is 23.6 Å². The van der Waals surface area contributed by atoms with Crippen LogP contribution in [0.3, 0.4) is 0 Å². The van der Waals surface area contributed by atoms with Crippen LogP contribution in [0, 0.1) is 47.3 Å². The van der Waals surface area contributed by atoms with Gasteiger partial charge in [-0.25, -0.2) is 9.80 Å². The van der Waals surface area contributed by atoms with Crippen molar-refractivity contribution in [3.63, 3.8) is 0 Å². The lowest BCUT2D eigenvalue weighted by atomic mass is 9.85. The summed E-state index contributed by atoms with van der Waals surface area (Å²) in [5.74, 6) is -1.04. The number of anilines is 2. The van der Waals surface area contributed by atoms with E-state index in [1.165, 1.54) is 9.80 Å². The molecule has 4 fully saturated rings. The first-order valence-electron chi connectivity index (χ1n) is 12.2. The third-order valence-corrected chi connectivity index (χ3v) is 9.30. The molecular formula is C28H22N2O4. The van der Waals surface area contributed by atoms with E-state index in [4.69, 9.17) is 0 Å². The van der Waals surface area contributed by atoms with Crippen LogP contribution in [0.15, 0.2) is 60.7 Å². The number of nitrogens with zero attached hydrogens (tertiary/aromatic N) is 2. The molecular weight excluding hydrogens is 428 g/mol. The van der Waals surface area contributed by atoms with Gasteiger partial charge in [0.2, 0.25) is 23.6 Å².